The molecule has 21 heavy (non-hydrogen) atoms. The molecule has 6 heteroatoms. The molecule has 0 aliphatic rings. The van der Waals surface area contributed by atoms with Gasteiger partial charge in [0.2, 0.25) is 0 Å². The standard InChI is InChI=1S/C15H10N6/c1-11-6-13(21-5-4-19-10-21)2-3-14(11)20-15(9-18)12(7-16)8-17/h2-6,10,20H,1H3. The van der Waals surface area contributed by atoms with Crippen molar-refractivity contribution in [3.63, 3.8) is 0 Å². The Kier molecular flexibility index (Phi) is 4.00. The van der Waals surface area contributed by atoms with Crippen LogP contribution < -0.4 is 5.32 Å². The molecule has 2 rings (SSSR count). The van der Waals surface area contributed by atoms with Crippen LogP contribution in [0.1, 0.15) is 5.56 Å². The summed E-state index contributed by atoms with van der Waals surface area (Å²) in [6, 6.07) is 10.8. The highest BCUT2D eigenvalue weighted by Gasteiger charge is 2.08. The van der Waals surface area contributed by atoms with E-state index in [-0.39, 0.29) is 11.3 Å². The molecular weight excluding hydrogens is 264 g/mol. The number of imidazole rings is 1. The van der Waals surface area contributed by atoms with Crippen molar-refractivity contribution in [3.8, 4) is 23.9 Å². The normalized spacial score (nSPS) is 9.05. The van der Waals surface area contributed by atoms with Crippen molar-refractivity contribution in [2.24, 2.45) is 0 Å². The van der Waals surface area contributed by atoms with Gasteiger partial charge in [-0.2, -0.15) is 15.8 Å². The number of nitriles is 3. The monoisotopic (exact) mass is 274 g/mol. The summed E-state index contributed by atoms with van der Waals surface area (Å²) in [5, 5.41) is 29.5. The van der Waals surface area contributed by atoms with Crippen molar-refractivity contribution >= 4 is 5.69 Å². The first-order valence-corrected chi connectivity index (χ1v) is 6.00. The average molecular weight is 274 g/mol. The fourth-order valence-corrected chi connectivity index (χ4v) is 1.78. The minimum Gasteiger partial charge on any atom is -0.345 e. The lowest BCUT2D eigenvalue weighted by Gasteiger charge is -2.10. The second kappa shape index (κ2) is 6.06. The Morgan fingerprint density at radius 1 is 1.19 bits per heavy atom. The lowest BCUT2D eigenvalue weighted by molar-refractivity contribution is 1.05. The molecular formula is C15H10N6. The van der Waals surface area contributed by atoms with Crippen LogP contribution in [-0.2, 0) is 0 Å². The maximum absolute atomic E-state index is 9.03. The van der Waals surface area contributed by atoms with Gasteiger partial charge < -0.3 is 9.88 Å². The number of aromatic nitrogens is 2. The van der Waals surface area contributed by atoms with E-state index in [9.17, 15) is 0 Å². The van der Waals surface area contributed by atoms with E-state index in [1.165, 1.54) is 0 Å². The van der Waals surface area contributed by atoms with Crippen molar-refractivity contribution in [2.75, 3.05) is 5.32 Å². The van der Waals surface area contributed by atoms with E-state index in [1.54, 1.807) is 30.7 Å². The molecule has 100 valence electrons. The average Bonchev–Trinajstić information content (AvgIpc) is 3.03. The minimum atomic E-state index is -0.240. The Morgan fingerprint density at radius 3 is 2.48 bits per heavy atom. The van der Waals surface area contributed by atoms with Gasteiger partial charge in [0.15, 0.2) is 5.57 Å². The SMILES string of the molecule is Cc1cc(-n2ccnc2)ccc1NC(C#N)=C(C#N)C#N. The molecule has 0 fully saturated rings. The number of aryl methyl sites for hydroxylation is 1. The molecule has 0 radical (unpaired) electrons. The number of nitrogens with zero attached hydrogens (tertiary/aromatic N) is 5. The molecule has 0 saturated carbocycles. The summed E-state index contributed by atoms with van der Waals surface area (Å²) in [7, 11) is 0. The third kappa shape index (κ3) is 2.89. The topological polar surface area (TPSA) is 101 Å². The second-order valence-corrected chi connectivity index (χ2v) is 4.18. The second-order valence-electron chi connectivity index (χ2n) is 4.18. The molecule has 2 aromatic rings. The maximum atomic E-state index is 9.03. The molecule has 0 saturated heterocycles. The number of benzene rings is 1. The van der Waals surface area contributed by atoms with Gasteiger partial charge in [0.05, 0.1) is 6.33 Å². The molecule has 1 N–H and O–H groups in total. The summed E-state index contributed by atoms with van der Waals surface area (Å²) in [5.41, 5.74) is 2.18. The zero-order valence-corrected chi connectivity index (χ0v) is 11.2. The molecule has 0 atom stereocenters. The Hall–Kier alpha value is -3.56. The Morgan fingerprint density at radius 2 is 1.95 bits per heavy atom. The summed E-state index contributed by atoms with van der Waals surface area (Å²) < 4.78 is 1.85. The highest BCUT2D eigenvalue weighted by Crippen LogP contribution is 2.21. The Balaban J connectivity index is 2.36. The van der Waals surface area contributed by atoms with Gasteiger partial charge in [0.1, 0.15) is 23.9 Å². The van der Waals surface area contributed by atoms with E-state index < -0.39 is 0 Å². The fourth-order valence-electron chi connectivity index (χ4n) is 1.78. The molecule has 1 aromatic heterocycles. The predicted octanol–water partition coefficient (Wildman–Crippen LogP) is 2.42. The highest BCUT2D eigenvalue weighted by atomic mass is 15.0. The van der Waals surface area contributed by atoms with E-state index in [0.29, 0.717) is 5.69 Å². The van der Waals surface area contributed by atoms with Gasteiger partial charge in [-0.3, -0.25) is 0 Å². The van der Waals surface area contributed by atoms with E-state index in [1.807, 2.05) is 35.9 Å². The van der Waals surface area contributed by atoms with E-state index >= 15 is 0 Å². The number of hydrogen-bond donors (Lipinski definition) is 1. The van der Waals surface area contributed by atoms with Gasteiger partial charge in [-0.15, -0.1) is 0 Å². The van der Waals surface area contributed by atoms with Gasteiger partial charge in [0, 0.05) is 23.8 Å². The van der Waals surface area contributed by atoms with E-state index in [4.69, 9.17) is 15.8 Å². The first kappa shape index (κ1) is 13.9. The van der Waals surface area contributed by atoms with Crippen LogP contribution in [0.25, 0.3) is 5.69 Å². The summed E-state index contributed by atoms with van der Waals surface area (Å²) >= 11 is 0. The largest absolute Gasteiger partial charge is 0.345 e. The quantitative estimate of drug-likeness (QED) is 0.866. The molecule has 0 amide bonds. The molecule has 1 aromatic carbocycles. The minimum absolute atomic E-state index is 0.0570. The first-order chi connectivity index (χ1) is 10.2. The number of rotatable bonds is 3. The maximum Gasteiger partial charge on any atom is 0.163 e. The number of allylic oxidation sites excluding steroid dienone is 2. The van der Waals surface area contributed by atoms with Crippen molar-refractivity contribution in [3.05, 3.63) is 53.8 Å². The van der Waals surface area contributed by atoms with Gasteiger partial charge in [0.25, 0.3) is 0 Å². The van der Waals surface area contributed by atoms with Crippen molar-refractivity contribution in [1.82, 2.24) is 9.55 Å². The first-order valence-electron chi connectivity index (χ1n) is 6.00. The predicted molar refractivity (Wildman–Crippen MR) is 75.8 cm³/mol. The fraction of sp³-hybridized carbons (Fsp3) is 0.0667. The third-order valence-electron chi connectivity index (χ3n) is 2.86. The zero-order valence-electron chi connectivity index (χ0n) is 11.2. The van der Waals surface area contributed by atoms with Gasteiger partial charge in [-0.1, -0.05) is 0 Å². The third-order valence-corrected chi connectivity index (χ3v) is 2.86. The smallest absolute Gasteiger partial charge is 0.163 e. The highest BCUT2D eigenvalue weighted by molar-refractivity contribution is 5.63. The summed E-state index contributed by atoms with van der Waals surface area (Å²) in [6.45, 7) is 1.87. The van der Waals surface area contributed by atoms with Crippen molar-refractivity contribution in [1.29, 1.82) is 15.8 Å². The molecule has 0 aliphatic heterocycles. The van der Waals surface area contributed by atoms with Crippen LogP contribution in [0.4, 0.5) is 5.69 Å². The lowest BCUT2D eigenvalue weighted by atomic mass is 10.1. The van der Waals surface area contributed by atoms with Crippen LogP contribution in [0.2, 0.25) is 0 Å². The zero-order chi connectivity index (χ0) is 15.2. The molecule has 0 aliphatic carbocycles. The van der Waals surface area contributed by atoms with E-state index in [2.05, 4.69) is 10.3 Å². The molecule has 0 spiro atoms. The molecule has 0 bridgehead atoms. The molecule has 1 heterocycles. The molecule has 6 nitrogen and oxygen atoms in total. The van der Waals surface area contributed by atoms with Crippen molar-refractivity contribution in [2.45, 2.75) is 6.92 Å². The Bertz CT molecular complexity index is 793. The van der Waals surface area contributed by atoms with Gasteiger partial charge >= 0.3 is 0 Å². The molecule has 0 unspecified atom stereocenters. The van der Waals surface area contributed by atoms with Crippen LogP contribution in [0, 0.1) is 40.9 Å². The summed E-state index contributed by atoms with van der Waals surface area (Å²) in [6.07, 6.45) is 5.20. The van der Waals surface area contributed by atoms with Crippen LogP contribution in [0.15, 0.2) is 48.2 Å². The summed E-state index contributed by atoms with van der Waals surface area (Å²) in [4.78, 5) is 3.98. The lowest BCUT2D eigenvalue weighted by Crippen LogP contribution is -2.03. The van der Waals surface area contributed by atoms with Crippen molar-refractivity contribution < 1.29 is 0 Å². The number of anilines is 1. The van der Waals surface area contributed by atoms with Gasteiger partial charge in [-0.05, 0) is 30.7 Å². The van der Waals surface area contributed by atoms with E-state index in [0.717, 1.165) is 11.3 Å². The number of nitrogens with one attached hydrogen (secondary N) is 1. The van der Waals surface area contributed by atoms with Crippen LogP contribution in [0.5, 0.6) is 0 Å². The van der Waals surface area contributed by atoms with Crippen LogP contribution in [-0.4, -0.2) is 9.55 Å². The Labute approximate surface area is 121 Å². The van der Waals surface area contributed by atoms with Crippen LogP contribution >= 0.6 is 0 Å². The van der Waals surface area contributed by atoms with Gasteiger partial charge in [-0.25, -0.2) is 4.98 Å². The summed E-state index contributed by atoms with van der Waals surface area (Å²) in [5.74, 6) is 0. The van der Waals surface area contributed by atoms with Crippen LogP contribution in [0.3, 0.4) is 0 Å². The number of hydrogen-bond acceptors (Lipinski definition) is 5.